The van der Waals surface area contributed by atoms with Crippen LogP contribution in [0.2, 0.25) is 0 Å². The minimum atomic E-state index is -0.531. The van der Waals surface area contributed by atoms with E-state index in [1.165, 1.54) is 6.42 Å². The molecule has 1 aliphatic rings. The fraction of sp³-hybridized carbons (Fsp3) is 1.00. The van der Waals surface area contributed by atoms with E-state index in [0.717, 1.165) is 13.0 Å². The molecule has 0 aromatic heterocycles. The van der Waals surface area contributed by atoms with Gasteiger partial charge in [-0.25, -0.2) is 0 Å². The van der Waals surface area contributed by atoms with Gasteiger partial charge in [0.2, 0.25) is 0 Å². The van der Waals surface area contributed by atoms with E-state index >= 15 is 0 Å². The third kappa shape index (κ3) is 1.66. The molecule has 2 nitrogen and oxygen atoms in total. The molecule has 0 radical (unpaired) electrons. The first-order chi connectivity index (χ1) is 4.11. The number of nitrogens with one attached hydrogen (secondary N) is 1. The molecule has 0 aromatic carbocycles. The van der Waals surface area contributed by atoms with Gasteiger partial charge in [0.15, 0.2) is 0 Å². The van der Waals surface area contributed by atoms with Crippen LogP contribution in [0, 0.1) is 0 Å². The summed E-state index contributed by atoms with van der Waals surface area (Å²) in [4.78, 5) is 0. The van der Waals surface area contributed by atoms with Crippen molar-refractivity contribution in [2.24, 2.45) is 0 Å². The SMILES string of the molecule is CC(C)(O)C1CCCN1. The van der Waals surface area contributed by atoms with Gasteiger partial charge in [-0.05, 0) is 33.2 Å². The number of rotatable bonds is 1. The summed E-state index contributed by atoms with van der Waals surface area (Å²) in [5.74, 6) is 0. The second-order valence-corrected chi connectivity index (χ2v) is 3.30. The first-order valence-electron chi connectivity index (χ1n) is 3.56. The Morgan fingerprint density at radius 2 is 2.22 bits per heavy atom. The van der Waals surface area contributed by atoms with Crippen molar-refractivity contribution in [3.8, 4) is 0 Å². The van der Waals surface area contributed by atoms with E-state index in [-0.39, 0.29) is 0 Å². The summed E-state index contributed by atoms with van der Waals surface area (Å²) in [7, 11) is 0. The van der Waals surface area contributed by atoms with Gasteiger partial charge < -0.3 is 10.4 Å². The molecular formula is C7H15NO. The van der Waals surface area contributed by atoms with Crippen molar-refractivity contribution >= 4 is 0 Å². The third-order valence-corrected chi connectivity index (χ3v) is 1.91. The molecule has 0 aliphatic carbocycles. The summed E-state index contributed by atoms with van der Waals surface area (Å²) in [6.07, 6.45) is 2.32. The Hall–Kier alpha value is -0.0800. The molecule has 9 heavy (non-hydrogen) atoms. The molecule has 0 amide bonds. The lowest BCUT2D eigenvalue weighted by Crippen LogP contribution is -2.42. The van der Waals surface area contributed by atoms with Crippen molar-refractivity contribution in [3.05, 3.63) is 0 Å². The minimum Gasteiger partial charge on any atom is -0.389 e. The molecule has 2 N–H and O–H groups in total. The molecule has 1 rings (SSSR count). The van der Waals surface area contributed by atoms with Crippen LogP contribution in [-0.2, 0) is 0 Å². The van der Waals surface area contributed by atoms with Gasteiger partial charge in [-0.3, -0.25) is 0 Å². The summed E-state index contributed by atoms with van der Waals surface area (Å²) in [6.45, 7) is 4.78. The molecule has 1 heterocycles. The second kappa shape index (κ2) is 2.27. The van der Waals surface area contributed by atoms with E-state index < -0.39 is 5.60 Å². The van der Waals surface area contributed by atoms with E-state index in [1.54, 1.807) is 0 Å². The summed E-state index contributed by atoms with van der Waals surface area (Å²) in [5.41, 5.74) is -0.531. The van der Waals surface area contributed by atoms with Gasteiger partial charge in [-0.2, -0.15) is 0 Å². The summed E-state index contributed by atoms with van der Waals surface area (Å²) >= 11 is 0. The Bertz CT molecular complexity index is 89.6. The third-order valence-electron chi connectivity index (χ3n) is 1.91. The van der Waals surface area contributed by atoms with Crippen molar-refractivity contribution in [3.63, 3.8) is 0 Å². The average Bonchev–Trinajstić information content (AvgIpc) is 2.08. The van der Waals surface area contributed by atoms with Crippen molar-refractivity contribution in [2.45, 2.75) is 38.3 Å². The predicted octanol–water partition coefficient (Wildman–Crippen LogP) is 0.509. The molecule has 1 saturated heterocycles. The molecule has 0 aromatic rings. The van der Waals surface area contributed by atoms with Crippen LogP contribution < -0.4 is 5.32 Å². The maximum atomic E-state index is 9.45. The largest absolute Gasteiger partial charge is 0.389 e. The van der Waals surface area contributed by atoms with E-state index in [0.29, 0.717) is 6.04 Å². The zero-order valence-electron chi connectivity index (χ0n) is 6.15. The van der Waals surface area contributed by atoms with Crippen LogP contribution in [0.15, 0.2) is 0 Å². The highest BCUT2D eigenvalue weighted by Crippen LogP contribution is 2.17. The van der Waals surface area contributed by atoms with E-state index in [4.69, 9.17) is 0 Å². The Balaban J connectivity index is 2.42. The highest BCUT2D eigenvalue weighted by Gasteiger charge is 2.28. The highest BCUT2D eigenvalue weighted by molar-refractivity contribution is 4.87. The predicted molar refractivity (Wildman–Crippen MR) is 37.3 cm³/mol. The van der Waals surface area contributed by atoms with Gasteiger partial charge in [-0.15, -0.1) is 0 Å². The maximum absolute atomic E-state index is 9.45. The number of hydrogen-bond acceptors (Lipinski definition) is 2. The summed E-state index contributed by atoms with van der Waals surface area (Å²) in [5, 5.41) is 12.7. The van der Waals surface area contributed by atoms with Gasteiger partial charge in [-0.1, -0.05) is 0 Å². The fourth-order valence-electron chi connectivity index (χ4n) is 1.29. The fourth-order valence-corrected chi connectivity index (χ4v) is 1.29. The number of aliphatic hydroxyl groups is 1. The average molecular weight is 129 g/mol. The molecule has 1 unspecified atom stereocenters. The quantitative estimate of drug-likeness (QED) is 0.540. The van der Waals surface area contributed by atoms with Crippen molar-refractivity contribution in [2.75, 3.05) is 6.54 Å². The molecule has 0 bridgehead atoms. The Labute approximate surface area is 56.3 Å². The zero-order chi connectivity index (χ0) is 6.91. The van der Waals surface area contributed by atoms with Crippen molar-refractivity contribution in [1.29, 1.82) is 0 Å². The monoisotopic (exact) mass is 129 g/mol. The second-order valence-electron chi connectivity index (χ2n) is 3.30. The van der Waals surface area contributed by atoms with Crippen LogP contribution in [0.25, 0.3) is 0 Å². The number of hydrogen-bond donors (Lipinski definition) is 2. The Kier molecular flexibility index (Phi) is 1.78. The summed E-state index contributed by atoms with van der Waals surface area (Å²) < 4.78 is 0. The summed E-state index contributed by atoms with van der Waals surface area (Å²) in [6, 6.07) is 0.317. The van der Waals surface area contributed by atoms with Crippen molar-refractivity contribution in [1.82, 2.24) is 5.32 Å². The first kappa shape index (κ1) is 7.03. The minimum absolute atomic E-state index is 0.317. The molecule has 1 atom stereocenters. The van der Waals surface area contributed by atoms with Crippen LogP contribution >= 0.6 is 0 Å². The van der Waals surface area contributed by atoms with E-state index in [9.17, 15) is 5.11 Å². The molecule has 54 valence electrons. The lowest BCUT2D eigenvalue weighted by molar-refractivity contribution is 0.0449. The van der Waals surface area contributed by atoms with Gasteiger partial charge in [0.25, 0.3) is 0 Å². The topological polar surface area (TPSA) is 32.3 Å². The lowest BCUT2D eigenvalue weighted by atomic mass is 9.98. The molecule has 0 saturated carbocycles. The van der Waals surface area contributed by atoms with Crippen LogP contribution in [0.4, 0.5) is 0 Å². The van der Waals surface area contributed by atoms with E-state index in [2.05, 4.69) is 5.32 Å². The molecule has 0 spiro atoms. The van der Waals surface area contributed by atoms with Crippen molar-refractivity contribution < 1.29 is 5.11 Å². The van der Waals surface area contributed by atoms with E-state index in [1.807, 2.05) is 13.8 Å². The van der Waals surface area contributed by atoms with Crippen LogP contribution in [0.3, 0.4) is 0 Å². The van der Waals surface area contributed by atoms with Gasteiger partial charge in [0.05, 0.1) is 5.60 Å². The molecule has 2 heteroatoms. The Morgan fingerprint density at radius 1 is 1.56 bits per heavy atom. The normalized spacial score (nSPS) is 29.0. The van der Waals surface area contributed by atoms with Gasteiger partial charge in [0.1, 0.15) is 0 Å². The van der Waals surface area contributed by atoms with Crippen LogP contribution in [-0.4, -0.2) is 23.3 Å². The van der Waals surface area contributed by atoms with Crippen LogP contribution in [0.5, 0.6) is 0 Å². The molecule has 1 fully saturated rings. The van der Waals surface area contributed by atoms with Gasteiger partial charge in [0, 0.05) is 6.04 Å². The molecule has 1 aliphatic heterocycles. The van der Waals surface area contributed by atoms with Gasteiger partial charge >= 0.3 is 0 Å². The maximum Gasteiger partial charge on any atom is 0.0744 e. The highest BCUT2D eigenvalue weighted by atomic mass is 16.3. The zero-order valence-corrected chi connectivity index (χ0v) is 6.15. The smallest absolute Gasteiger partial charge is 0.0744 e. The Morgan fingerprint density at radius 3 is 2.44 bits per heavy atom. The standard InChI is InChI=1S/C7H15NO/c1-7(2,9)6-4-3-5-8-6/h6,8-9H,3-5H2,1-2H3. The van der Waals surface area contributed by atoms with Crippen LogP contribution in [0.1, 0.15) is 26.7 Å². The lowest BCUT2D eigenvalue weighted by Gasteiger charge is -2.25. The first-order valence-corrected chi connectivity index (χ1v) is 3.56. The molecular weight excluding hydrogens is 114 g/mol.